The van der Waals surface area contributed by atoms with E-state index in [0.29, 0.717) is 5.39 Å². The minimum absolute atomic E-state index is 0.170. The van der Waals surface area contributed by atoms with Crippen LogP contribution in [0.3, 0.4) is 0 Å². The number of carbonyl (C=O) groups is 1. The normalized spacial score (nSPS) is 17.0. The Morgan fingerprint density at radius 1 is 1.24 bits per heavy atom. The van der Waals surface area contributed by atoms with E-state index in [1.165, 1.54) is 6.07 Å². The van der Waals surface area contributed by atoms with Crippen LogP contribution >= 0.6 is 11.8 Å². The fourth-order valence-electron chi connectivity index (χ4n) is 2.87. The van der Waals surface area contributed by atoms with Gasteiger partial charge in [-0.15, -0.1) is 0 Å². The summed E-state index contributed by atoms with van der Waals surface area (Å²) in [5, 5.41) is 3.11. The number of para-hydroxylation sites is 1. The second-order valence-electron chi connectivity index (χ2n) is 6.12. The van der Waals surface area contributed by atoms with Crippen LogP contribution in [0.25, 0.3) is 10.9 Å². The molecule has 0 bridgehead atoms. The molecule has 134 valence electrons. The number of benzene rings is 1. The minimum Gasteiger partial charge on any atom is -0.352 e. The molecule has 1 saturated carbocycles. The van der Waals surface area contributed by atoms with Crippen LogP contribution in [-0.4, -0.2) is 27.2 Å². The second kappa shape index (κ2) is 7.19. The van der Waals surface area contributed by atoms with Crippen molar-refractivity contribution in [3.63, 3.8) is 0 Å². The number of halogens is 3. The van der Waals surface area contributed by atoms with Crippen molar-refractivity contribution in [1.82, 2.24) is 15.3 Å². The fourth-order valence-corrected chi connectivity index (χ4v) is 3.82. The highest BCUT2D eigenvalue weighted by atomic mass is 32.2. The Bertz CT molecular complexity index is 775. The van der Waals surface area contributed by atoms with Gasteiger partial charge in [0.25, 0.3) is 0 Å². The first kappa shape index (κ1) is 18.0. The van der Waals surface area contributed by atoms with Crippen molar-refractivity contribution in [2.24, 2.45) is 0 Å². The van der Waals surface area contributed by atoms with Crippen molar-refractivity contribution in [2.45, 2.75) is 55.1 Å². The van der Waals surface area contributed by atoms with Gasteiger partial charge in [-0.25, -0.2) is 9.97 Å². The summed E-state index contributed by atoms with van der Waals surface area (Å²) in [5.41, 5.74) is 0.218. The third-order valence-electron chi connectivity index (χ3n) is 4.18. The topological polar surface area (TPSA) is 54.9 Å². The molecule has 4 nitrogen and oxygen atoms in total. The highest BCUT2D eigenvalue weighted by Gasteiger charge is 2.36. The molecule has 0 radical (unpaired) electrons. The maximum Gasteiger partial charge on any atom is 0.451 e. The lowest BCUT2D eigenvalue weighted by atomic mass is 10.2. The highest BCUT2D eigenvalue weighted by Crippen LogP contribution is 2.33. The maximum atomic E-state index is 13.0. The number of hydrogen-bond acceptors (Lipinski definition) is 4. The minimum atomic E-state index is -4.63. The SMILES string of the molecule is C[C@@H](Sc1nc(C(F)(F)F)nc2ccccc12)C(=O)NC1CCCC1. The quantitative estimate of drug-likeness (QED) is 0.649. The van der Waals surface area contributed by atoms with Gasteiger partial charge in [0.2, 0.25) is 11.7 Å². The number of aromatic nitrogens is 2. The van der Waals surface area contributed by atoms with E-state index >= 15 is 0 Å². The summed E-state index contributed by atoms with van der Waals surface area (Å²) in [5.74, 6) is -1.36. The van der Waals surface area contributed by atoms with Gasteiger partial charge in [-0.05, 0) is 25.8 Å². The molecule has 3 rings (SSSR count). The molecule has 2 aromatic rings. The van der Waals surface area contributed by atoms with Crippen LogP contribution in [0.4, 0.5) is 13.2 Å². The van der Waals surface area contributed by atoms with Crippen molar-refractivity contribution in [3.05, 3.63) is 30.1 Å². The molecular formula is C17H18F3N3OS. The molecule has 1 N–H and O–H groups in total. The summed E-state index contributed by atoms with van der Waals surface area (Å²) in [7, 11) is 0. The number of fused-ring (bicyclic) bond motifs is 1. The molecule has 1 amide bonds. The van der Waals surface area contributed by atoms with Crippen molar-refractivity contribution >= 4 is 28.6 Å². The molecule has 0 unspecified atom stereocenters. The number of thioether (sulfide) groups is 1. The van der Waals surface area contributed by atoms with E-state index in [1.54, 1.807) is 25.1 Å². The third kappa shape index (κ3) is 4.23. The van der Waals surface area contributed by atoms with Gasteiger partial charge < -0.3 is 5.32 Å². The van der Waals surface area contributed by atoms with Gasteiger partial charge in [0.1, 0.15) is 5.03 Å². The Morgan fingerprint density at radius 3 is 2.60 bits per heavy atom. The lowest BCUT2D eigenvalue weighted by molar-refractivity contribution is -0.145. The van der Waals surface area contributed by atoms with Gasteiger partial charge in [-0.2, -0.15) is 13.2 Å². The number of rotatable bonds is 4. The zero-order chi connectivity index (χ0) is 18.0. The van der Waals surface area contributed by atoms with Crippen LogP contribution in [0.1, 0.15) is 38.4 Å². The molecule has 1 atom stereocenters. The van der Waals surface area contributed by atoms with Gasteiger partial charge in [0.15, 0.2) is 0 Å². The van der Waals surface area contributed by atoms with Gasteiger partial charge in [-0.3, -0.25) is 4.79 Å². The van der Waals surface area contributed by atoms with E-state index < -0.39 is 17.3 Å². The maximum absolute atomic E-state index is 13.0. The summed E-state index contributed by atoms with van der Waals surface area (Å²) in [6, 6.07) is 6.69. The van der Waals surface area contributed by atoms with Crippen molar-refractivity contribution in [3.8, 4) is 0 Å². The Kier molecular flexibility index (Phi) is 5.17. The Morgan fingerprint density at radius 2 is 1.92 bits per heavy atom. The average Bonchev–Trinajstić information content (AvgIpc) is 3.06. The molecule has 0 spiro atoms. The lowest BCUT2D eigenvalue weighted by Gasteiger charge is -2.17. The number of alkyl halides is 3. The molecule has 1 aliphatic rings. The Balaban J connectivity index is 1.85. The Hall–Kier alpha value is -1.83. The molecule has 1 aromatic carbocycles. The Labute approximate surface area is 147 Å². The lowest BCUT2D eigenvalue weighted by Crippen LogP contribution is -2.37. The fraction of sp³-hybridized carbons (Fsp3) is 0.471. The summed E-state index contributed by atoms with van der Waals surface area (Å²) in [4.78, 5) is 19.6. The van der Waals surface area contributed by atoms with E-state index in [4.69, 9.17) is 0 Å². The van der Waals surface area contributed by atoms with Crippen molar-refractivity contribution in [2.75, 3.05) is 0 Å². The van der Waals surface area contributed by atoms with Crippen LogP contribution < -0.4 is 5.32 Å². The molecule has 1 fully saturated rings. The highest BCUT2D eigenvalue weighted by molar-refractivity contribution is 8.00. The van der Waals surface area contributed by atoms with Crippen LogP contribution in [0.2, 0.25) is 0 Å². The van der Waals surface area contributed by atoms with E-state index in [1.807, 2.05) is 0 Å². The van der Waals surface area contributed by atoms with E-state index in [2.05, 4.69) is 15.3 Å². The zero-order valence-corrected chi connectivity index (χ0v) is 14.5. The van der Waals surface area contributed by atoms with E-state index in [0.717, 1.165) is 37.4 Å². The van der Waals surface area contributed by atoms with Crippen LogP contribution in [0.15, 0.2) is 29.3 Å². The average molecular weight is 369 g/mol. The van der Waals surface area contributed by atoms with E-state index in [9.17, 15) is 18.0 Å². The van der Waals surface area contributed by atoms with Gasteiger partial charge in [0, 0.05) is 11.4 Å². The van der Waals surface area contributed by atoms with E-state index in [-0.39, 0.29) is 22.5 Å². The smallest absolute Gasteiger partial charge is 0.352 e. The van der Waals surface area contributed by atoms with Gasteiger partial charge >= 0.3 is 6.18 Å². The molecule has 1 heterocycles. The largest absolute Gasteiger partial charge is 0.451 e. The first-order valence-electron chi connectivity index (χ1n) is 8.15. The zero-order valence-electron chi connectivity index (χ0n) is 13.6. The van der Waals surface area contributed by atoms with Gasteiger partial charge in [0.05, 0.1) is 10.8 Å². The first-order chi connectivity index (χ1) is 11.8. The standard InChI is InChI=1S/C17H18F3N3OS/c1-10(14(24)21-11-6-2-3-7-11)25-15-12-8-4-5-9-13(12)22-16(23-15)17(18,19)20/h4-5,8-11H,2-3,6-7H2,1H3,(H,21,24)/t10-/m1/s1. The number of nitrogens with one attached hydrogen (secondary N) is 1. The first-order valence-corrected chi connectivity index (χ1v) is 9.03. The molecule has 0 saturated heterocycles. The third-order valence-corrected chi connectivity index (χ3v) is 5.28. The van der Waals surface area contributed by atoms with Gasteiger partial charge in [-0.1, -0.05) is 42.8 Å². The monoisotopic (exact) mass is 369 g/mol. The summed E-state index contributed by atoms with van der Waals surface area (Å²) in [6.45, 7) is 1.68. The number of carbonyl (C=O) groups excluding carboxylic acids is 1. The number of hydrogen-bond donors (Lipinski definition) is 1. The second-order valence-corrected chi connectivity index (χ2v) is 7.45. The predicted molar refractivity (Wildman–Crippen MR) is 90.3 cm³/mol. The number of amides is 1. The molecule has 25 heavy (non-hydrogen) atoms. The van der Waals surface area contributed by atoms with Crippen molar-refractivity contribution < 1.29 is 18.0 Å². The summed E-state index contributed by atoms with van der Waals surface area (Å²) < 4.78 is 39.1. The molecular weight excluding hydrogens is 351 g/mol. The molecule has 8 heteroatoms. The predicted octanol–water partition coefficient (Wildman–Crippen LogP) is 4.19. The molecule has 1 aromatic heterocycles. The summed E-state index contributed by atoms with van der Waals surface area (Å²) in [6.07, 6.45) is -0.528. The van der Waals surface area contributed by atoms with Crippen molar-refractivity contribution in [1.29, 1.82) is 0 Å². The molecule has 0 aliphatic heterocycles. The van der Waals surface area contributed by atoms with Crippen LogP contribution in [0, 0.1) is 0 Å². The van der Waals surface area contributed by atoms with Crippen LogP contribution in [0.5, 0.6) is 0 Å². The summed E-state index contributed by atoms with van der Waals surface area (Å²) >= 11 is 1.03. The van der Waals surface area contributed by atoms with Crippen LogP contribution in [-0.2, 0) is 11.0 Å². The molecule has 1 aliphatic carbocycles. The number of nitrogens with zero attached hydrogens (tertiary/aromatic N) is 2.